The van der Waals surface area contributed by atoms with Crippen molar-refractivity contribution in [3.05, 3.63) is 46.5 Å². The van der Waals surface area contributed by atoms with Crippen LogP contribution in [0.4, 0.5) is 0 Å². The second-order valence-electron chi connectivity index (χ2n) is 8.68. The van der Waals surface area contributed by atoms with Gasteiger partial charge < -0.3 is 29.2 Å². The number of methoxy groups -OCH3 is 2. The number of aliphatic hydroxyl groups excluding tert-OH is 2. The number of aliphatic hydroxyl groups is 2. The van der Waals surface area contributed by atoms with E-state index >= 15 is 0 Å². The number of rotatable bonds is 7. The minimum atomic E-state index is -0.104. The molecule has 7 heteroatoms. The number of benzene rings is 3. The first-order valence-electron chi connectivity index (χ1n) is 11.5. The van der Waals surface area contributed by atoms with Gasteiger partial charge in [-0.15, -0.1) is 0 Å². The summed E-state index contributed by atoms with van der Waals surface area (Å²) >= 11 is 0. The normalized spacial score (nSPS) is 17.1. The van der Waals surface area contributed by atoms with Crippen molar-refractivity contribution in [1.82, 2.24) is 4.90 Å². The van der Waals surface area contributed by atoms with Crippen LogP contribution < -0.4 is 9.47 Å². The van der Waals surface area contributed by atoms with Crippen LogP contribution in [-0.4, -0.2) is 61.9 Å². The van der Waals surface area contributed by atoms with Gasteiger partial charge in [0.25, 0.3) is 0 Å². The molecule has 1 fully saturated rings. The van der Waals surface area contributed by atoms with E-state index in [1.807, 2.05) is 12.1 Å². The average molecular weight is 454 g/mol. The van der Waals surface area contributed by atoms with Crippen molar-refractivity contribution in [2.45, 2.75) is 38.9 Å². The highest BCUT2D eigenvalue weighted by Crippen LogP contribution is 2.41. The first-order valence-corrected chi connectivity index (χ1v) is 11.5. The molecule has 2 N–H and O–H groups in total. The summed E-state index contributed by atoms with van der Waals surface area (Å²) in [4.78, 5) is 2.45. The number of hydrogen-bond acceptors (Lipinski definition) is 7. The first-order chi connectivity index (χ1) is 16.2. The Labute approximate surface area is 193 Å². The van der Waals surface area contributed by atoms with Gasteiger partial charge >= 0.3 is 0 Å². The lowest BCUT2D eigenvalue weighted by Gasteiger charge is -2.32. The quantitative estimate of drug-likeness (QED) is 0.532. The molecular weight excluding hydrogens is 422 g/mol. The van der Waals surface area contributed by atoms with Gasteiger partial charge in [-0.25, -0.2) is 0 Å². The molecule has 7 nitrogen and oxygen atoms in total. The molecule has 3 aromatic rings. The third kappa shape index (κ3) is 4.05. The molecule has 0 aliphatic carbocycles. The van der Waals surface area contributed by atoms with Crippen molar-refractivity contribution in [3.63, 3.8) is 0 Å². The molecule has 0 atom stereocenters. The predicted octanol–water partition coefficient (Wildman–Crippen LogP) is 3.12. The lowest BCUT2D eigenvalue weighted by atomic mass is 9.86. The molecule has 0 radical (unpaired) electrons. The molecule has 2 aliphatic rings. The first kappa shape index (κ1) is 22.4. The van der Waals surface area contributed by atoms with Gasteiger partial charge in [0.2, 0.25) is 0 Å². The molecule has 1 saturated heterocycles. The Morgan fingerprint density at radius 3 is 1.97 bits per heavy atom. The average Bonchev–Trinajstić information content (AvgIpc) is 3.39. The molecule has 3 aromatic carbocycles. The third-order valence-corrected chi connectivity index (χ3v) is 6.92. The van der Waals surface area contributed by atoms with E-state index in [2.05, 4.69) is 17.0 Å². The standard InChI is InChI=1S/C26H31NO6/c1-30-24-11-21-18-3-5-27(6-4-26-32-7-8-33-26)13-23(18)22-12-25(31-2)17(15-29)10-20(22)19(21)9-16(24)14-28/h9-12,26,28-29H,3-8,13-15H2,1-2H3. The van der Waals surface area contributed by atoms with Crippen LogP contribution in [-0.2, 0) is 35.7 Å². The monoisotopic (exact) mass is 453 g/mol. The predicted molar refractivity (Wildman–Crippen MR) is 126 cm³/mol. The van der Waals surface area contributed by atoms with Gasteiger partial charge in [0.1, 0.15) is 11.5 Å². The minimum absolute atomic E-state index is 0.0974. The summed E-state index contributed by atoms with van der Waals surface area (Å²) < 4.78 is 22.4. The summed E-state index contributed by atoms with van der Waals surface area (Å²) in [6.07, 6.45) is 1.67. The van der Waals surface area contributed by atoms with Crippen molar-refractivity contribution >= 4 is 21.5 Å². The lowest BCUT2D eigenvalue weighted by molar-refractivity contribution is -0.0520. The summed E-state index contributed by atoms with van der Waals surface area (Å²) in [7, 11) is 3.27. The van der Waals surface area contributed by atoms with E-state index in [-0.39, 0.29) is 19.5 Å². The topological polar surface area (TPSA) is 80.6 Å². The smallest absolute Gasteiger partial charge is 0.159 e. The number of fused-ring (bicyclic) bond motifs is 6. The molecular formula is C26H31NO6. The van der Waals surface area contributed by atoms with E-state index in [0.717, 1.165) is 65.1 Å². The molecule has 5 rings (SSSR count). The Morgan fingerprint density at radius 1 is 0.848 bits per heavy atom. The summed E-state index contributed by atoms with van der Waals surface area (Å²) in [5, 5.41) is 24.2. The second kappa shape index (κ2) is 9.44. The summed E-state index contributed by atoms with van der Waals surface area (Å²) in [5.41, 5.74) is 4.08. The number of hydrogen-bond donors (Lipinski definition) is 2. The van der Waals surface area contributed by atoms with Crippen molar-refractivity contribution in [2.24, 2.45) is 0 Å². The van der Waals surface area contributed by atoms with Crippen LogP contribution in [0.15, 0.2) is 24.3 Å². The Balaban J connectivity index is 1.66. The zero-order valence-corrected chi connectivity index (χ0v) is 19.2. The van der Waals surface area contributed by atoms with E-state index in [1.54, 1.807) is 14.2 Å². The molecule has 0 bridgehead atoms. The van der Waals surface area contributed by atoms with Gasteiger partial charge in [0.15, 0.2) is 6.29 Å². The highest BCUT2D eigenvalue weighted by Gasteiger charge is 2.25. The molecule has 0 saturated carbocycles. The highest BCUT2D eigenvalue weighted by molar-refractivity contribution is 6.12. The van der Waals surface area contributed by atoms with E-state index < -0.39 is 0 Å². The molecule has 0 spiro atoms. The fraction of sp³-hybridized carbons (Fsp3) is 0.462. The molecule has 176 valence electrons. The van der Waals surface area contributed by atoms with Crippen LogP contribution in [0.3, 0.4) is 0 Å². The molecule has 0 amide bonds. The van der Waals surface area contributed by atoms with Gasteiger partial charge in [-0.1, -0.05) is 0 Å². The molecule has 33 heavy (non-hydrogen) atoms. The Bertz CT molecular complexity index is 1170. The van der Waals surface area contributed by atoms with E-state index in [9.17, 15) is 10.2 Å². The van der Waals surface area contributed by atoms with Gasteiger partial charge in [0, 0.05) is 37.2 Å². The van der Waals surface area contributed by atoms with E-state index in [0.29, 0.717) is 24.7 Å². The molecule has 2 aliphatic heterocycles. The largest absolute Gasteiger partial charge is 0.496 e. The Kier molecular flexibility index (Phi) is 6.40. The zero-order valence-electron chi connectivity index (χ0n) is 19.2. The Hall–Kier alpha value is -2.42. The van der Waals surface area contributed by atoms with Crippen LogP contribution in [0, 0.1) is 0 Å². The number of ether oxygens (including phenoxy) is 4. The SMILES string of the molecule is COc1cc2c3c(c4cc(OC)c(CO)cc4c2cc1CO)CN(CCC1OCCO1)CC3. The molecule has 0 unspecified atom stereocenters. The highest BCUT2D eigenvalue weighted by atomic mass is 16.7. The van der Waals surface area contributed by atoms with E-state index in [1.165, 1.54) is 11.1 Å². The van der Waals surface area contributed by atoms with Gasteiger partial charge in [-0.2, -0.15) is 0 Å². The second-order valence-corrected chi connectivity index (χ2v) is 8.68. The van der Waals surface area contributed by atoms with Gasteiger partial charge in [0.05, 0.1) is 40.6 Å². The summed E-state index contributed by atoms with van der Waals surface area (Å²) in [6, 6.07) is 8.14. The third-order valence-electron chi connectivity index (χ3n) is 6.92. The van der Waals surface area contributed by atoms with Crippen LogP contribution in [0.2, 0.25) is 0 Å². The summed E-state index contributed by atoms with van der Waals surface area (Å²) in [6.45, 7) is 3.83. The molecule has 2 heterocycles. The fourth-order valence-electron chi connectivity index (χ4n) is 5.24. The van der Waals surface area contributed by atoms with Crippen LogP contribution >= 0.6 is 0 Å². The number of nitrogens with zero attached hydrogens (tertiary/aromatic N) is 1. The summed E-state index contributed by atoms with van der Waals surface area (Å²) in [5.74, 6) is 1.38. The maximum atomic E-state index is 9.95. The minimum Gasteiger partial charge on any atom is -0.496 e. The van der Waals surface area contributed by atoms with Crippen molar-refractivity contribution in [2.75, 3.05) is 40.5 Å². The van der Waals surface area contributed by atoms with Crippen molar-refractivity contribution in [1.29, 1.82) is 0 Å². The van der Waals surface area contributed by atoms with Crippen molar-refractivity contribution < 1.29 is 29.2 Å². The van der Waals surface area contributed by atoms with E-state index in [4.69, 9.17) is 18.9 Å². The fourth-order valence-corrected chi connectivity index (χ4v) is 5.24. The maximum Gasteiger partial charge on any atom is 0.159 e. The lowest BCUT2D eigenvalue weighted by Crippen LogP contribution is -2.33. The molecule has 0 aromatic heterocycles. The zero-order chi connectivity index (χ0) is 22.9. The Morgan fingerprint density at radius 2 is 1.42 bits per heavy atom. The van der Waals surface area contributed by atoms with Crippen molar-refractivity contribution in [3.8, 4) is 11.5 Å². The van der Waals surface area contributed by atoms with Gasteiger partial charge in [-0.3, -0.25) is 4.90 Å². The maximum absolute atomic E-state index is 9.95. The van der Waals surface area contributed by atoms with Crippen LogP contribution in [0.5, 0.6) is 11.5 Å². The van der Waals surface area contributed by atoms with Gasteiger partial charge in [-0.05, 0) is 63.4 Å². The van der Waals surface area contributed by atoms with Crippen LogP contribution in [0.25, 0.3) is 21.5 Å². The van der Waals surface area contributed by atoms with Crippen LogP contribution in [0.1, 0.15) is 28.7 Å².